The Bertz CT molecular complexity index is 1180. The van der Waals surface area contributed by atoms with Gasteiger partial charge in [0.05, 0.1) is 37.5 Å². The van der Waals surface area contributed by atoms with Crippen LogP contribution in [-0.4, -0.2) is 37.4 Å². The van der Waals surface area contributed by atoms with Crippen molar-refractivity contribution >= 4 is 22.9 Å². The van der Waals surface area contributed by atoms with Crippen LogP contribution in [0.1, 0.15) is 9.67 Å². The number of hydrogen-bond donors (Lipinski definition) is 1. The zero-order chi connectivity index (χ0) is 21.8. The number of thiophene rings is 1. The van der Waals surface area contributed by atoms with E-state index in [0.29, 0.717) is 44.8 Å². The van der Waals surface area contributed by atoms with Crippen molar-refractivity contribution in [2.24, 2.45) is 0 Å². The molecule has 0 bridgehead atoms. The number of anilines is 1. The molecule has 0 radical (unpaired) electrons. The lowest BCUT2D eigenvalue weighted by Gasteiger charge is -2.12. The molecule has 2 aromatic carbocycles. The number of benzene rings is 2. The summed E-state index contributed by atoms with van der Waals surface area (Å²) in [6.07, 6.45) is 0. The third-order valence-electron chi connectivity index (χ3n) is 4.50. The Balaban J connectivity index is 1.68. The maximum absolute atomic E-state index is 12.5. The molecule has 8 nitrogen and oxygen atoms in total. The quantitative estimate of drug-likeness (QED) is 0.446. The van der Waals surface area contributed by atoms with E-state index in [0.717, 1.165) is 0 Å². The summed E-state index contributed by atoms with van der Waals surface area (Å²) in [5, 5.41) is 8.84. The van der Waals surface area contributed by atoms with Crippen LogP contribution in [0.4, 0.5) is 5.69 Å². The molecular weight excluding hydrogens is 418 g/mol. The largest absolute Gasteiger partial charge is 0.493 e. The average molecular weight is 437 g/mol. The van der Waals surface area contributed by atoms with E-state index in [1.165, 1.54) is 32.7 Å². The van der Waals surface area contributed by atoms with Gasteiger partial charge in [-0.1, -0.05) is 23.4 Å². The molecule has 4 rings (SSSR count). The molecule has 0 fully saturated rings. The van der Waals surface area contributed by atoms with Crippen LogP contribution < -0.4 is 19.5 Å². The van der Waals surface area contributed by atoms with Crippen LogP contribution in [0.2, 0.25) is 0 Å². The van der Waals surface area contributed by atoms with Crippen molar-refractivity contribution in [2.75, 3.05) is 26.6 Å². The van der Waals surface area contributed by atoms with Crippen LogP contribution in [-0.2, 0) is 0 Å². The molecule has 0 aliphatic carbocycles. The smallest absolute Gasteiger partial charge is 0.265 e. The van der Waals surface area contributed by atoms with E-state index in [1.807, 2.05) is 23.6 Å². The second-order valence-corrected chi connectivity index (χ2v) is 7.26. The highest BCUT2D eigenvalue weighted by Gasteiger charge is 2.19. The minimum Gasteiger partial charge on any atom is -0.493 e. The van der Waals surface area contributed by atoms with Crippen molar-refractivity contribution in [2.45, 2.75) is 0 Å². The van der Waals surface area contributed by atoms with Gasteiger partial charge in [0, 0.05) is 5.56 Å². The van der Waals surface area contributed by atoms with Crippen LogP contribution in [0.5, 0.6) is 17.2 Å². The van der Waals surface area contributed by atoms with Crippen molar-refractivity contribution < 1.29 is 23.5 Å². The summed E-state index contributed by atoms with van der Waals surface area (Å²) >= 11 is 1.37. The summed E-state index contributed by atoms with van der Waals surface area (Å²) in [6.45, 7) is 0. The number of ether oxygens (including phenoxy) is 3. The van der Waals surface area contributed by atoms with Gasteiger partial charge in [-0.25, -0.2) is 0 Å². The Morgan fingerprint density at radius 1 is 1.00 bits per heavy atom. The van der Waals surface area contributed by atoms with Gasteiger partial charge in [-0.3, -0.25) is 4.79 Å². The monoisotopic (exact) mass is 437 g/mol. The molecule has 0 saturated heterocycles. The first-order valence-corrected chi connectivity index (χ1v) is 10.1. The number of amides is 1. The molecule has 4 aromatic rings. The highest BCUT2D eigenvalue weighted by molar-refractivity contribution is 7.12. The van der Waals surface area contributed by atoms with Crippen molar-refractivity contribution in [1.29, 1.82) is 0 Å². The summed E-state index contributed by atoms with van der Waals surface area (Å²) in [6, 6.07) is 14.3. The van der Waals surface area contributed by atoms with Crippen LogP contribution in [0, 0.1) is 0 Å². The number of carbonyl (C=O) groups is 1. The van der Waals surface area contributed by atoms with E-state index in [1.54, 1.807) is 30.3 Å². The normalized spacial score (nSPS) is 10.5. The highest BCUT2D eigenvalue weighted by atomic mass is 32.1. The van der Waals surface area contributed by atoms with Gasteiger partial charge in [-0.2, -0.15) is 4.98 Å². The summed E-state index contributed by atoms with van der Waals surface area (Å²) < 4.78 is 21.6. The van der Waals surface area contributed by atoms with Gasteiger partial charge in [0.1, 0.15) is 0 Å². The molecule has 0 atom stereocenters. The molecule has 0 aliphatic rings. The third kappa shape index (κ3) is 4.08. The topological polar surface area (TPSA) is 95.7 Å². The van der Waals surface area contributed by atoms with E-state index in [-0.39, 0.29) is 11.8 Å². The molecule has 0 aliphatic heterocycles. The van der Waals surface area contributed by atoms with Crippen LogP contribution in [0.15, 0.2) is 58.4 Å². The molecule has 0 spiro atoms. The number of rotatable bonds is 7. The molecule has 31 heavy (non-hydrogen) atoms. The van der Waals surface area contributed by atoms with E-state index in [9.17, 15) is 4.79 Å². The Hall–Kier alpha value is -3.85. The fourth-order valence-electron chi connectivity index (χ4n) is 3.03. The number of methoxy groups -OCH3 is 3. The number of para-hydroxylation sites is 1. The lowest BCUT2D eigenvalue weighted by Crippen LogP contribution is -2.10. The number of hydrogen-bond acceptors (Lipinski definition) is 8. The lowest BCUT2D eigenvalue weighted by atomic mass is 10.1. The zero-order valence-corrected chi connectivity index (χ0v) is 17.9. The van der Waals surface area contributed by atoms with Gasteiger partial charge in [0.2, 0.25) is 11.6 Å². The number of aromatic nitrogens is 2. The molecule has 1 amide bonds. The molecule has 2 aromatic heterocycles. The number of nitrogens with zero attached hydrogens (tertiary/aromatic N) is 2. The first-order chi connectivity index (χ1) is 15.1. The van der Waals surface area contributed by atoms with Gasteiger partial charge in [-0.05, 0) is 35.7 Å². The highest BCUT2D eigenvalue weighted by Crippen LogP contribution is 2.41. The molecule has 1 N–H and O–H groups in total. The van der Waals surface area contributed by atoms with Gasteiger partial charge < -0.3 is 24.1 Å². The fourth-order valence-corrected chi connectivity index (χ4v) is 3.65. The van der Waals surface area contributed by atoms with Crippen LogP contribution >= 0.6 is 11.3 Å². The maximum Gasteiger partial charge on any atom is 0.265 e. The summed E-state index contributed by atoms with van der Waals surface area (Å²) in [7, 11) is 4.61. The van der Waals surface area contributed by atoms with E-state index < -0.39 is 0 Å². The first-order valence-electron chi connectivity index (χ1n) is 9.23. The molecule has 0 saturated carbocycles. The minimum absolute atomic E-state index is 0.202. The summed E-state index contributed by atoms with van der Waals surface area (Å²) in [4.78, 5) is 17.6. The van der Waals surface area contributed by atoms with E-state index in [4.69, 9.17) is 18.7 Å². The SMILES string of the molecule is COc1cc(-c2noc(-c3ccccc3NC(=O)c3cccs3)n2)cc(OC)c1OC. The molecular formula is C22H19N3O5S. The maximum atomic E-state index is 12.5. The number of nitrogens with one attached hydrogen (secondary N) is 1. The lowest BCUT2D eigenvalue weighted by molar-refractivity contribution is 0.103. The van der Waals surface area contributed by atoms with Gasteiger partial charge >= 0.3 is 0 Å². The van der Waals surface area contributed by atoms with Gasteiger partial charge in [-0.15, -0.1) is 11.3 Å². The zero-order valence-electron chi connectivity index (χ0n) is 17.0. The van der Waals surface area contributed by atoms with Crippen LogP contribution in [0.3, 0.4) is 0 Å². The predicted octanol–water partition coefficient (Wildman–Crippen LogP) is 4.74. The van der Waals surface area contributed by atoms with Crippen molar-refractivity contribution in [3.05, 3.63) is 58.8 Å². The number of carbonyl (C=O) groups excluding carboxylic acids is 1. The third-order valence-corrected chi connectivity index (χ3v) is 5.37. The van der Waals surface area contributed by atoms with Gasteiger partial charge in [0.15, 0.2) is 11.5 Å². The second kappa shape index (κ2) is 8.88. The Kier molecular flexibility index (Phi) is 5.85. The Labute approximate surface area is 182 Å². The Morgan fingerprint density at radius 3 is 2.39 bits per heavy atom. The summed E-state index contributed by atoms with van der Waals surface area (Å²) in [5.74, 6) is 1.84. The molecule has 158 valence electrons. The first kappa shape index (κ1) is 20.4. The van der Waals surface area contributed by atoms with Crippen molar-refractivity contribution in [3.8, 4) is 40.1 Å². The molecule has 0 unspecified atom stereocenters. The second-order valence-electron chi connectivity index (χ2n) is 6.31. The van der Waals surface area contributed by atoms with Crippen molar-refractivity contribution in [3.63, 3.8) is 0 Å². The predicted molar refractivity (Wildman–Crippen MR) is 117 cm³/mol. The van der Waals surface area contributed by atoms with E-state index >= 15 is 0 Å². The van der Waals surface area contributed by atoms with Gasteiger partial charge in [0.25, 0.3) is 11.8 Å². The standard InChI is InChI=1S/C22H19N3O5S/c1-27-16-11-13(12-17(28-2)19(16)29-3)20-24-22(30-25-20)14-7-4-5-8-15(14)23-21(26)18-9-6-10-31-18/h4-12H,1-3H3,(H,23,26). The average Bonchev–Trinajstić information content (AvgIpc) is 3.51. The fraction of sp³-hybridized carbons (Fsp3) is 0.136. The van der Waals surface area contributed by atoms with Crippen molar-refractivity contribution in [1.82, 2.24) is 10.1 Å². The molecule has 9 heteroatoms. The van der Waals surface area contributed by atoms with Crippen LogP contribution in [0.25, 0.3) is 22.8 Å². The molecule has 2 heterocycles. The van der Waals surface area contributed by atoms with E-state index in [2.05, 4.69) is 15.5 Å². The Morgan fingerprint density at radius 2 is 1.74 bits per heavy atom. The summed E-state index contributed by atoms with van der Waals surface area (Å²) in [5.41, 5.74) is 1.81. The minimum atomic E-state index is -0.202.